The lowest BCUT2D eigenvalue weighted by atomic mass is 10.1. The van der Waals surface area contributed by atoms with Crippen LogP contribution in [-0.2, 0) is 0 Å². The van der Waals surface area contributed by atoms with Gasteiger partial charge in [-0.3, -0.25) is 0 Å². The van der Waals surface area contributed by atoms with E-state index in [1.165, 1.54) is 0 Å². The number of benzene rings is 2. The van der Waals surface area contributed by atoms with Gasteiger partial charge in [-0.1, -0.05) is 24.3 Å². The zero-order chi connectivity index (χ0) is 13.1. The minimum atomic E-state index is -2.10. The Morgan fingerprint density at radius 1 is 0.611 bits per heavy atom. The van der Waals surface area contributed by atoms with Crippen molar-refractivity contribution in [1.82, 2.24) is 0 Å². The van der Waals surface area contributed by atoms with Gasteiger partial charge in [0.05, 0.1) is 0 Å². The molecule has 0 aromatic heterocycles. The first-order valence-corrected chi connectivity index (χ1v) is 7.63. The van der Waals surface area contributed by atoms with Crippen LogP contribution in [0.15, 0.2) is 48.5 Å². The Hall–Kier alpha value is -0.860. The summed E-state index contributed by atoms with van der Waals surface area (Å²) in [6.07, 6.45) is 0. The van der Waals surface area contributed by atoms with Crippen molar-refractivity contribution in [3.8, 4) is 11.1 Å². The monoisotopic (exact) mass is 282 g/mol. The van der Waals surface area contributed by atoms with Gasteiger partial charge in [0.2, 0.25) is 0 Å². The van der Waals surface area contributed by atoms with Gasteiger partial charge in [-0.15, -0.1) is 0 Å². The summed E-state index contributed by atoms with van der Waals surface area (Å²) in [5, 5.41) is 0.967. The quantitative estimate of drug-likeness (QED) is 0.638. The van der Waals surface area contributed by atoms with Gasteiger partial charge in [0.25, 0.3) is 0 Å². The summed E-state index contributed by atoms with van der Waals surface area (Å²) >= 11 is 0. The molecule has 0 amide bonds. The van der Waals surface area contributed by atoms with Crippen molar-refractivity contribution < 1.29 is 19.6 Å². The van der Waals surface area contributed by atoms with Crippen molar-refractivity contribution in [3.63, 3.8) is 0 Å². The average Bonchev–Trinajstić information content (AvgIpc) is 2.39. The third-order valence-corrected chi connectivity index (χ3v) is 4.01. The van der Waals surface area contributed by atoms with E-state index in [1.807, 2.05) is 6.07 Å². The summed E-state index contributed by atoms with van der Waals surface area (Å²) < 4.78 is 0. The molecule has 2 rings (SSSR count). The molecule has 0 aliphatic carbocycles. The van der Waals surface area contributed by atoms with Gasteiger partial charge >= 0.3 is 0 Å². The molecule has 0 radical (unpaired) electrons. The molecule has 0 unspecified atom stereocenters. The molecule has 4 N–H and O–H groups in total. The first-order chi connectivity index (χ1) is 8.58. The van der Waals surface area contributed by atoms with Crippen LogP contribution in [0.2, 0.25) is 0 Å². The molecule has 6 heteroatoms. The Bertz CT molecular complexity index is 526. The van der Waals surface area contributed by atoms with Crippen LogP contribution in [0.3, 0.4) is 0 Å². The summed E-state index contributed by atoms with van der Waals surface area (Å²) in [7, 11) is -4.17. The molecule has 0 aliphatic rings. The van der Waals surface area contributed by atoms with Crippen molar-refractivity contribution in [1.29, 1.82) is 0 Å². The summed E-state index contributed by atoms with van der Waals surface area (Å²) in [5.41, 5.74) is 1.74. The molecular weight excluding hydrogens is 270 g/mol. The molecule has 0 atom stereocenters. The van der Waals surface area contributed by atoms with Crippen molar-refractivity contribution >= 4 is 27.4 Å². The van der Waals surface area contributed by atoms with Gasteiger partial charge in [0.15, 0.2) is 16.8 Å². The van der Waals surface area contributed by atoms with Crippen LogP contribution in [0.4, 0.5) is 0 Å². The zero-order valence-corrected chi connectivity index (χ0v) is 11.1. The normalized spacial score (nSPS) is 11.2. The summed E-state index contributed by atoms with van der Waals surface area (Å²) in [4.78, 5) is 36.5. The standard InChI is InChI=1S/C12H12O4P2/c13-17(14)11-6-4-9(5-7-11)10-2-1-3-12(8-10)18(15)16/h1-8,13-16H. The Kier molecular flexibility index (Phi) is 4.41. The van der Waals surface area contributed by atoms with Gasteiger partial charge in [0.1, 0.15) is 0 Å². The minimum absolute atomic E-state index is 0.483. The highest BCUT2D eigenvalue weighted by molar-refractivity contribution is 7.54. The maximum Gasteiger partial charge on any atom is 0.199 e. The predicted molar refractivity (Wildman–Crippen MR) is 73.9 cm³/mol. The second-order valence-corrected chi connectivity index (χ2v) is 5.87. The lowest BCUT2D eigenvalue weighted by Gasteiger charge is -2.07. The Labute approximate surface area is 107 Å². The second-order valence-electron chi connectivity index (χ2n) is 3.68. The minimum Gasteiger partial charge on any atom is -0.347 e. The van der Waals surface area contributed by atoms with E-state index in [0.29, 0.717) is 10.6 Å². The first kappa shape index (κ1) is 13.6. The molecule has 0 heterocycles. The van der Waals surface area contributed by atoms with E-state index in [4.69, 9.17) is 19.6 Å². The van der Waals surface area contributed by atoms with Crippen molar-refractivity contribution in [2.75, 3.05) is 0 Å². The van der Waals surface area contributed by atoms with E-state index < -0.39 is 16.8 Å². The van der Waals surface area contributed by atoms with Crippen LogP contribution in [0.25, 0.3) is 11.1 Å². The molecule has 0 aliphatic heterocycles. The van der Waals surface area contributed by atoms with Gasteiger partial charge < -0.3 is 19.6 Å². The van der Waals surface area contributed by atoms with Gasteiger partial charge in [-0.2, -0.15) is 0 Å². The van der Waals surface area contributed by atoms with Crippen molar-refractivity contribution in [2.45, 2.75) is 0 Å². The smallest absolute Gasteiger partial charge is 0.199 e. The Balaban J connectivity index is 2.33. The number of hydrogen-bond donors (Lipinski definition) is 4. The molecule has 94 valence electrons. The van der Waals surface area contributed by atoms with Gasteiger partial charge in [-0.25, -0.2) is 0 Å². The Morgan fingerprint density at radius 3 is 1.78 bits per heavy atom. The van der Waals surface area contributed by atoms with E-state index in [9.17, 15) is 0 Å². The van der Waals surface area contributed by atoms with Crippen LogP contribution < -0.4 is 10.6 Å². The second kappa shape index (κ2) is 5.85. The van der Waals surface area contributed by atoms with Crippen molar-refractivity contribution in [3.05, 3.63) is 48.5 Å². The number of rotatable bonds is 3. The SMILES string of the molecule is OP(O)c1ccc(-c2cccc(P(O)O)c2)cc1. The van der Waals surface area contributed by atoms with Crippen LogP contribution in [0, 0.1) is 0 Å². The first-order valence-electron chi connectivity index (χ1n) is 5.14. The zero-order valence-electron chi connectivity index (χ0n) is 9.30. The summed E-state index contributed by atoms with van der Waals surface area (Å²) in [6, 6.07) is 13.8. The average molecular weight is 282 g/mol. The van der Waals surface area contributed by atoms with E-state index in [1.54, 1.807) is 42.5 Å². The Morgan fingerprint density at radius 2 is 1.22 bits per heavy atom. The third kappa shape index (κ3) is 3.12. The molecule has 2 aromatic carbocycles. The highest BCUT2D eigenvalue weighted by Gasteiger charge is 2.07. The summed E-state index contributed by atoms with van der Waals surface area (Å²) in [6.45, 7) is 0. The summed E-state index contributed by atoms with van der Waals surface area (Å²) in [5.74, 6) is 0. The molecule has 0 saturated carbocycles. The fourth-order valence-corrected chi connectivity index (χ4v) is 2.49. The van der Waals surface area contributed by atoms with E-state index in [-0.39, 0.29) is 0 Å². The lowest BCUT2D eigenvalue weighted by molar-refractivity contribution is 0.495. The van der Waals surface area contributed by atoms with Crippen molar-refractivity contribution in [2.24, 2.45) is 0 Å². The van der Waals surface area contributed by atoms with Crippen LogP contribution in [0.1, 0.15) is 0 Å². The molecule has 0 saturated heterocycles. The topological polar surface area (TPSA) is 80.9 Å². The fraction of sp³-hybridized carbons (Fsp3) is 0. The largest absolute Gasteiger partial charge is 0.347 e. The highest BCUT2D eigenvalue weighted by Crippen LogP contribution is 2.27. The highest BCUT2D eigenvalue weighted by atomic mass is 31.2. The lowest BCUT2D eigenvalue weighted by Crippen LogP contribution is -2.01. The molecule has 2 aromatic rings. The third-order valence-electron chi connectivity index (χ3n) is 2.51. The van der Waals surface area contributed by atoms with Crippen LogP contribution in [-0.4, -0.2) is 19.6 Å². The maximum atomic E-state index is 9.17. The van der Waals surface area contributed by atoms with E-state index in [2.05, 4.69) is 0 Å². The maximum absolute atomic E-state index is 9.17. The van der Waals surface area contributed by atoms with E-state index >= 15 is 0 Å². The van der Waals surface area contributed by atoms with Crippen LogP contribution >= 0.6 is 16.8 Å². The molecule has 18 heavy (non-hydrogen) atoms. The van der Waals surface area contributed by atoms with Crippen LogP contribution in [0.5, 0.6) is 0 Å². The van der Waals surface area contributed by atoms with Gasteiger partial charge in [0, 0.05) is 10.6 Å². The fourth-order valence-electron chi connectivity index (χ4n) is 1.60. The predicted octanol–water partition coefficient (Wildman–Crippen LogP) is 1.20. The molecule has 0 spiro atoms. The molecule has 0 fully saturated rings. The van der Waals surface area contributed by atoms with E-state index in [0.717, 1.165) is 11.1 Å². The number of hydrogen-bond acceptors (Lipinski definition) is 4. The van der Waals surface area contributed by atoms with Gasteiger partial charge in [-0.05, 0) is 35.4 Å². The molecule has 4 nitrogen and oxygen atoms in total. The molecular formula is C12H12O4P2. The molecule has 0 bridgehead atoms.